The van der Waals surface area contributed by atoms with E-state index in [0.29, 0.717) is 6.29 Å². The number of carbonyl (C=O) groups is 1. The van der Waals surface area contributed by atoms with E-state index in [4.69, 9.17) is 5.41 Å². The van der Waals surface area contributed by atoms with Crippen molar-refractivity contribution in [2.75, 3.05) is 7.05 Å². The van der Waals surface area contributed by atoms with Gasteiger partial charge in [-0.15, -0.1) is 0 Å². The molecule has 114 valence electrons. The van der Waals surface area contributed by atoms with E-state index in [9.17, 15) is 9.18 Å². The molecule has 0 aliphatic carbocycles. The lowest BCUT2D eigenvalue weighted by Crippen LogP contribution is -2.49. The Morgan fingerprint density at radius 1 is 1.27 bits per heavy atom. The minimum atomic E-state index is -1.34. The number of pyridine rings is 1. The van der Waals surface area contributed by atoms with E-state index in [-0.39, 0.29) is 11.5 Å². The van der Waals surface area contributed by atoms with Crippen LogP contribution in [0.15, 0.2) is 42.7 Å². The number of rotatable bonds is 4. The topological polar surface area (TPSA) is 77.9 Å². The maximum absolute atomic E-state index is 14.2. The van der Waals surface area contributed by atoms with Gasteiger partial charge in [0.2, 0.25) is 0 Å². The molecule has 0 saturated carbocycles. The van der Waals surface area contributed by atoms with Crippen molar-refractivity contribution >= 4 is 12.2 Å². The van der Waals surface area contributed by atoms with Crippen LogP contribution in [0.1, 0.15) is 12.5 Å². The molecule has 1 aromatic carbocycles. The molecule has 2 rings (SSSR count). The zero-order chi connectivity index (χ0) is 16.2. The number of hydrogen-bond donors (Lipinski definition) is 3. The Hall–Kier alpha value is -2.76. The van der Waals surface area contributed by atoms with Crippen molar-refractivity contribution in [2.45, 2.75) is 12.5 Å². The molecule has 0 amide bonds. The first-order chi connectivity index (χ1) is 10.5. The molecule has 22 heavy (non-hydrogen) atoms. The minimum absolute atomic E-state index is 0.0664. The highest BCUT2D eigenvalue weighted by atomic mass is 19.1. The van der Waals surface area contributed by atoms with Crippen LogP contribution in [0.2, 0.25) is 0 Å². The van der Waals surface area contributed by atoms with Gasteiger partial charge in [-0.1, -0.05) is 6.07 Å². The second-order valence-electron chi connectivity index (χ2n) is 5.00. The van der Waals surface area contributed by atoms with Crippen molar-refractivity contribution in [3.8, 4) is 11.1 Å². The molecular weight excluding hydrogens is 283 g/mol. The molecule has 0 spiro atoms. The lowest BCUT2D eigenvalue weighted by atomic mass is 9.90. The van der Waals surface area contributed by atoms with Gasteiger partial charge in [0.05, 0.1) is 0 Å². The molecule has 1 heterocycles. The van der Waals surface area contributed by atoms with Gasteiger partial charge in [0, 0.05) is 25.0 Å². The molecule has 0 aliphatic heterocycles. The monoisotopic (exact) mass is 300 g/mol. The average molecular weight is 300 g/mol. The van der Waals surface area contributed by atoms with Gasteiger partial charge in [0.1, 0.15) is 17.6 Å². The number of guanidine groups is 1. The van der Waals surface area contributed by atoms with Gasteiger partial charge in [-0.2, -0.15) is 0 Å². The average Bonchev–Trinajstić information content (AvgIpc) is 2.55. The van der Waals surface area contributed by atoms with Gasteiger partial charge in [-0.3, -0.25) is 10.4 Å². The molecule has 0 aliphatic rings. The highest BCUT2D eigenvalue weighted by Gasteiger charge is 2.30. The summed E-state index contributed by atoms with van der Waals surface area (Å²) in [5.41, 5.74) is 0.474. The normalized spacial score (nSPS) is 13.0. The van der Waals surface area contributed by atoms with E-state index in [1.807, 2.05) is 0 Å². The highest BCUT2D eigenvalue weighted by Crippen LogP contribution is 2.27. The Morgan fingerprint density at radius 2 is 1.95 bits per heavy atom. The molecular formula is C16H17FN4O. The number of aromatic nitrogens is 1. The predicted molar refractivity (Wildman–Crippen MR) is 83.0 cm³/mol. The maximum Gasteiger partial charge on any atom is 0.189 e. The summed E-state index contributed by atoms with van der Waals surface area (Å²) in [6, 6.07) is 8.17. The zero-order valence-corrected chi connectivity index (χ0v) is 12.4. The van der Waals surface area contributed by atoms with E-state index < -0.39 is 11.4 Å². The minimum Gasteiger partial charge on any atom is -0.360 e. The van der Waals surface area contributed by atoms with Crippen molar-refractivity contribution in [1.82, 2.24) is 15.6 Å². The molecule has 1 aromatic heterocycles. The first-order valence-corrected chi connectivity index (χ1v) is 6.71. The lowest BCUT2D eigenvalue weighted by Gasteiger charge is -2.27. The number of nitrogens with zero attached hydrogens (tertiary/aromatic N) is 1. The molecule has 1 unspecified atom stereocenters. The smallest absolute Gasteiger partial charge is 0.189 e. The first kappa shape index (κ1) is 15.6. The van der Waals surface area contributed by atoms with Crippen LogP contribution in [-0.4, -0.2) is 24.3 Å². The standard InChI is InChI=1S/C16H17FN4O/c1-16(10-22,21-15(18)19-2)13-9-12(3-4-14(13)17)11-5-7-20-8-6-11/h3-10H,1-2H3,(H3,18,19,21). The van der Waals surface area contributed by atoms with E-state index in [2.05, 4.69) is 15.6 Å². The fraction of sp³-hybridized carbons (Fsp3) is 0.188. The van der Waals surface area contributed by atoms with Crippen LogP contribution >= 0.6 is 0 Å². The van der Waals surface area contributed by atoms with Crippen LogP contribution in [0, 0.1) is 11.2 Å². The lowest BCUT2D eigenvalue weighted by molar-refractivity contribution is -0.112. The highest BCUT2D eigenvalue weighted by molar-refractivity contribution is 5.83. The largest absolute Gasteiger partial charge is 0.360 e. The van der Waals surface area contributed by atoms with Crippen LogP contribution in [0.25, 0.3) is 11.1 Å². The summed E-state index contributed by atoms with van der Waals surface area (Å²) in [7, 11) is 1.55. The predicted octanol–water partition coefficient (Wildman–Crippen LogP) is 2.05. The fourth-order valence-electron chi connectivity index (χ4n) is 2.13. The number of hydrogen-bond acceptors (Lipinski definition) is 3. The summed E-state index contributed by atoms with van der Waals surface area (Å²) in [5.74, 6) is -0.577. The molecule has 1 atom stereocenters. The molecule has 5 nitrogen and oxygen atoms in total. The molecule has 0 radical (unpaired) electrons. The Balaban J connectivity index is 2.49. The summed E-state index contributed by atoms with van der Waals surface area (Å²) < 4.78 is 14.2. The van der Waals surface area contributed by atoms with E-state index in [1.165, 1.54) is 13.0 Å². The van der Waals surface area contributed by atoms with Gasteiger partial charge in [0.15, 0.2) is 5.96 Å². The number of nitrogens with one attached hydrogen (secondary N) is 3. The molecule has 3 N–H and O–H groups in total. The zero-order valence-electron chi connectivity index (χ0n) is 12.4. The Labute approximate surface area is 128 Å². The number of aldehydes is 1. The van der Waals surface area contributed by atoms with Crippen LogP contribution in [0.4, 0.5) is 4.39 Å². The molecule has 6 heteroatoms. The summed E-state index contributed by atoms with van der Waals surface area (Å²) in [4.78, 5) is 15.5. The van der Waals surface area contributed by atoms with Crippen LogP contribution in [-0.2, 0) is 10.3 Å². The molecule has 0 bridgehead atoms. The Kier molecular flexibility index (Phi) is 4.50. The Morgan fingerprint density at radius 3 is 2.55 bits per heavy atom. The number of carbonyl (C=O) groups excluding carboxylic acids is 1. The van der Waals surface area contributed by atoms with E-state index >= 15 is 0 Å². The fourth-order valence-corrected chi connectivity index (χ4v) is 2.13. The number of benzene rings is 1. The summed E-state index contributed by atoms with van der Waals surface area (Å²) >= 11 is 0. The van der Waals surface area contributed by atoms with Crippen molar-refractivity contribution < 1.29 is 9.18 Å². The third-order valence-electron chi connectivity index (χ3n) is 3.41. The third kappa shape index (κ3) is 3.11. The quantitative estimate of drug-likeness (QED) is 0.459. The summed E-state index contributed by atoms with van der Waals surface area (Å²) in [6.45, 7) is 1.53. The van der Waals surface area contributed by atoms with E-state index in [1.54, 1.807) is 43.7 Å². The van der Waals surface area contributed by atoms with Crippen LogP contribution in [0.3, 0.4) is 0 Å². The Bertz CT molecular complexity index is 690. The summed E-state index contributed by atoms with van der Waals surface area (Å²) in [5, 5.41) is 12.9. The second-order valence-corrected chi connectivity index (χ2v) is 5.00. The summed E-state index contributed by atoms with van der Waals surface area (Å²) in [6.07, 6.45) is 3.88. The van der Waals surface area contributed by atoms with Gasteiger partial charge in [-0.25, -0.2) is 4.39 Å². The maximum atomic E-state index is 14.2. The van der Waals surface area contributed by atoms with Gasteiger partial charge >= 0.3 is 0 Å². The van der Waals surface area contributed by atoms with Crippen molar-refractivity contribution in [3.63, 3.8) is 0 Å². The third-order valence-corrected chi connectivity index (χ3v) is 3.41. The first-order valence-electron chi connectivity index (χ1n) is 6.71. The van der Waals surface area contributed by atoms with Crippen LogP contribution in [0.5, 0.6) is 0 Å². The van der Waals surface area contributed by atoms with Gasteiger partial charge < -0.3 is 15.4 Å². The van der Waals surface area contributed by atoms with Gasteiger partial charge in [-0.05, 0) is 42.3 Å². The molecule has 2 aromatic rings. The molecule has 0 saturated heterocycles. The van der Waals surface area contributed by atoms with Crippen molar-refractivity contribution in [2.24, 2.45) is 0 Å². The molecule has 0 fully saturated rings. The van der Waals surface area contributed by atoms with Crippen LogP contribution < -0.4 is 10.6 Å². The number of halogens is 1. The van der Waals surface area contributed by atoms with E-state index in [0.717, 1.165) is 11.1 Å². The van der Waals surface area contributed by atoms with Gasteiger partial charge in [0.25, 0.3) is 0 Å². The van der Waals surface area contributed by atoms with Crippen molar-refractivity contribution in [1.29, 1.82) is 5.41 Å². The second kappa shape index (κ2) is 6.34. The SMILES string of the molecule is CNC(=N)NC(C)(C=O)c1cc(-c2ccncc2)ccc1F. The van der Waals surface area contributed by atoms with Crippen molar-refractivity contribution in [3.05, 3.63) is 54.1 Å².